The smallest absolute Gasteiger partial charge is 0.0395 e. The molecule has 0 aromatic rings. The lowest BCUT2D eigenvalue weighted by Crippen LogP contribution is -2.10. The molecule has 0 aromatic heterocycles. The predicted molar refractivity (Wildman–Crippen MR) is 91.3 cm³/mol. The average molecular weight is 275 g/mol. The van der Waals surface area contributed by atoms with Gasteiger partial charge in [0.2, 0.25) is 0 Å². The van der Waals surface area contributed by atoms with E-state index >= 15 is 0 Å². The van der Waals surface area contributed by atoms with Crippen LogP contribution >= 0.6 is 0 Å². The zero-order chi connectivity index (χ0) is 14.8. The molecule has 0 radical (unpaired) electrons. The van der Waals surface area contributed by atoms with Gasteiger partial charge in [0.1, 0.15) is 0 Å². The van der Waals surface area contributed by atoms with Crippen LogP contribution in [0.3, 0.4) is 0 Å². The molecule has 1 heterocycles. The molecule has 20 heavy (non-hydrogen) atoms. The summed E-state index contributed by atoms with van der Waals surface area (Å²) in [6.45, 7) is 9.16. The Balaban J connectivity index is 2.81. The van der Waals surface area contributed by atoms with Crippen LogP contribution in [0.2, 0.25) is 0 Å². The van der Waals surface area contributed by atoms with E-state index in [2.05, 4.69) is 46.1 Å². The summed E-state index contributed by atoms with van der Waals surface area (Å²) in [5.74, 6) is 1.52. The lowest BCUT2D eigenvalue weighted by atomic mass is 9.85. The van der Waals surface area contributed by atoms with Gasteiger partial charge in [-0.3, -0.25) is 4.99 Å². The van der Waals surface area contributed by atoms with E-state index < -0.39 is 0 Å². The van der Waals surface area contributed by atoms with Crippen LogP contribution in [0, 0.1) is 11.8 Å². The van der Waals surface area contributed by atoms with Crippen molar-refractivity contribution in [1.82, 2.24) is 0 Å². The Labute approximate surface area is 126 Å². The van der Waals surface area contributed by atoms with Gasteiger partial charge >= 0.3 is 0 Å². The van der Waals surface area contributed by atoms with Crippen molar-refractivity contribution in [2.45, 2.75) is 79.1 Å². The second-order valence-electron chi connectivity index (χ2n) is 6.00. The SMILES string of the molecule is CCCC(CC(CC)CC)C1=C/CC\C=C(CC)/C=N/1. The molecule has 0 bridgehead atoms. The van der Waals surface area contributed by atoms with Gasteiger partial charge in [0.15, 0.2) is 0 Å². The van der Waals surface area contributed by atoms with Gasteiger partial charge in [-0.25, -0.2) is 0 Å². The number of nitrogens with zero attached hydrogens (tertiary/aromatic N) is 1. The van der Waals surface area contributed by atoms with Crippen molar-refractivity contribution in [2.24, 2.45) is 16.8 Å². The van der Waals surface area contributed by atoms with Crippen molar-refractivity contribution in [3.05, 3.63) is 23.4 Å². The summed E-state index contributed by atoms with van der Waals surface area (Å²) in [5.41, 5.74) is 2.76. The minimum absolute atomic E-state index is 0.664. The fourth-order valence-corrected chi connectivity index (χ4v) is 3.03. The van der Waals surface area contributed by atoms with Crippen LogP contribution in [0.25, 0.3) is 0 Å². The van der Waals surface area contributed by atoms with Crippen LogP contribution in [0.1, 0.15) is 79.1 Å². The van der Waals surface area contributed by atoms with Gasteiger partial charge in [-0.15, -0.1) is 0 Å². The van der Waals surface area contributed by atoms with Gasteiger partial charge in [0.05, 0.1) is 0 Å². The van der Waals surface area contributed by atoms with Crippen LogP contribution in [0.4, 0.5) is 0 Å². The first-order valence-corrected chi connectivity index (χ1v) is 8.68. The maximum Gasteiger partial charge on any atom is 0.0395 e. The zero-order valence-corrected chi connectivity index (χ0v) is 14.0. The van der Waals surface area contributed by atoms with E-state index in [1.807, 2.05) is 0 Å². The third-order valence-corrected chi connectivity index (χ3v) is 4.54. The number of allylic oxidation sites excluding steroid dienone is 4. The molecule has 0 fully saturated rings. The highest BCUT2D eigenvalue weighted by Crippen LogP contribution is 2.30. The maximum absolute atomic E-state index is 4.84. The van der Waals surface area contributed by atoms with E-state index in [0.717, 1.165) is 18.8 Å². The molecule has 1 heteroatoms. The molecule has 114 valence electrons. The van der Waals surface area contributed by atoms with Crippen LogP contribution < -0.4 is 0 Å². The van der Waals surface area contributed by atoms with Crippen molar-refractivity contribution >= 4 is 6.21 Å². The van der Waals surface area contributed by atoms with E-state index in [4.69, 9.17) is 4.99 Å². The van der Waals surface area contributed by atoms with Crippen LogP contribution in [0.15, 0.2) is 28.4 Å². The Bertz CT molecular complexity index is 345. The Morgan fingerprint density at radius 2 is 1.75 bits per heavy atom. The predicted octanol–water partition coefficient (Wildman–Crippen LogP) is 6.31. The highest BCUT2D eigenvalue weighted by molar-refractivity contribution is 5.79. The summed E-state index contributed by atoms with van der Waals surface area (Å²) in [6, 6.07) is 0. The molecule has 0 aromatic carbocycles. The molecule has 0 amide bonds. The molecule has 1 nitrogen and oxygen atoms in total. The maximum atomic E-state index is 4.84. The summed E-state index contributed by atoms with van der Waals surface area (Å²) in [5, 5.41) is 0. The van der Waals surface area contributed by atoms with Crippen LogP contribution in [-0.4, -0.2) is 6.21 Å². The summed E-state index contributed by atoms with van der Waals surface area (Å²) in [4.78, 5) is 4.84. The minimum Gasteiger partial charge on any atom is -0.261 e. The number of aliphatic imine (C=N–C) groups is 1. The van der Waals surface area contributed by atoms with Crippen molar-refractivity contribution in [3.8, 4) is 0 Å². The fourth-order valence-electron chi connectivity index (χ4n) is 3.03. The molecule has 1 aliphatic heterocycles. The Morgan fingerprint density at radius 1 is 1.05 bits per heavy atom. The third kappa shape index (κ3) is 5.64. The minimum atomic E-state index is 0.664. The molecule has 0 saturated carbocycles. The highest BCUT2D eigenvalue weighted by Gasteiger charge is 2.17. The standard InChI is InChI=1S/C19H33N/c1-5-11-18(14-16(6-2)7-3)19-13-10-9-12-17(8-4)15-20-19/h12-13,15-16,18H,5-11,14H2,1-4H3/b17-12-,19-13+,20-15+. The van der Waals surface area contributed by atoms with Crippen LogP contribution in [0.5, 0.6) is 0 Å². The molecular weight excluding hydrogens is 242 g/mol. The number of hydrogen-bond donors (Lipinski definition) is 0. The second kappa shape index (κ2) is 9.96. The van der Waals surface area contributed by atoms with E-state index in [1.54, 1.807) is 0 Å². The number of hydrogen-bond acceptors (Lipinski definition) is 1. The first-order chi connectivity index (χ1) is 9.74. The first-order valence-electron chi connectivity index (χ1n) is 8.68. The first kappa shape index (κ1) is 17.2. The molecule has 0 aliphatic carbocycles. The molecule has 1 atom stereocenters. The molecule has 0 spiro atoms. The Kier molecular flexibility index (Phi) is 8.57. The largest absolute Gasteiger partial charge is 0.261 e. The molecule has 1 aliphatic rings. The monoisotopic (exact) mass is 275 g/mol. The Morgan fingerprint density at radius 3 is 2.35 bits per heavy atom. The van der Waals surface area contributed by atoms with E-state index in [-0.39, 0.29) is 0 Å². The van der Waals surface area contributed by atoms with Crippen molar-refractivity contribution in [1.29, 1.82) is 0 Å². The zero-order valence-electron chi connectivity index (χ0n) is 14.0. The Hall–Kier alpha value is -0.850. The quantitative estimate of drug-likeness (QED) is 0.492. The molecule has 0 N–H and O–H groups in total. The average Bonchev–Trinajstić information content (AvgIpc) is 2.44. The highest BCUT2D eigenvalue weighted by atomic mass is 14.7. The lowest BCUT2D eigenvalue weighted by Gasteiger charge is -2.23. The summed E-state index contributed by atoms with van der Waals surface area (Å²) in [6.07, 6.45) is 16.7. The summed E-state index contributed by atoms with van der Waals surface area (Å²) < 4.78 is 0. The van der Waals surface area contributed by atoms with E-state index in [1.165, 1.54) is 49.8 Å². The summed E-state index contributed by atoms with van der Waals surface area (Å²) >= 11 is 0. The lowest BCUT2D eigenvalue weighted by molar-refractivity contribution is 0.366. The number of rotatable bonds is 8. The van der Waals surface area contributed by atoms with Gasteiger partial charge in [-0.05, 0) is 43.6 Å². The van der Waals surface area contributed by atoms with Gasteiger partial charge in [0.25, 0.3) is 0 Å². The van der Waals surface area contributed by atoms with E-state index in [0.29, 0.717) is 5.92 Å². The molecule has 1 rings (SSSR count). The topological polar surface area (TPSA) is 12.4 Å². The second-order valence-corrected chi connectivity index (χ2v) is 6.00. The fraction of sp³-hybridized carbons (Fsp3) is 0.737. The van der Waals surface area contributed by atoms with Gasteiger partial charge in [-0.1, -0.05) is 59.1 Å². The van der Waals surface area contributed by atoms with Gasteiger partial charge in [0, 0.05) is 17.8 Å². The van der Waals surface area contributed by atoms with Crippen molar-refractivity contribution < 1.29 is 0 Å². The molecular formula is C19H33N. The van der Waals surface area contributed by atoms with Gasteiger partial charge in [-0.2, -0.15) is 0 Å². The van der Waals surface area contributed by atoms with Gasteiger partial charge < -0.3 is 0 Å². The third-order valence-electron chi connectivity index (χ3n) is 4.54. The van der Waals surface area contributed by atoms with E-state index in [9.17, 15) is 0 Å². The van der Waals surface area contributed by atoms with Crippen molar-refractivity contribution in [3.63, 3.8) is 0 Å². The summed E-state index contributed by atoms with van der Waals surface area (Å²) in [7, 11) is 0. The van der Waals surface area contributed by atoms with Crippen molar-refractivity contribution in [2.75, 3.05) is 0 Å². The normalized spacial score (nSPS) is 24.2. The molecule has 1 unspecified atom stereocenters. The molecule has 0 saturated heterocycles. The van der Waals surface area contributed by atoms with Crippen LogP contribution in [-0.2, 0) is 0 Å².